The molecule has 1 aliphatic rings. The van der Waals surface area contributed by atoms with Gasteiger partial charge in [0.15, 0.2) is 0 Å². The second-order valence-corrected chi connectivity index (χ2v) is 3.19. The molecule has 5 heteroatoms. The van der Waals surface area contributed by atoms with Crippen LogP contribution in [0.4, 0.5) is 0 Å². The summed E-state index contributed by atoms with van der Waals surface area (Å²) in [5.74, 6) is -0.715. The van der Waals surface area contributed by atoms with Crippen LogP contribution in [0.25, 0.3) is 0 Å². The van der Waals surface area contributed by atoms with E-state index in [-0.39, 0.29) is 25.0 Å². The minimum absolute atomic E-state index is 0.0145. The zero-order valence-electron chi connectivity index (χ0n) is 8.19. The minimum Gasteiger partial charge on any atom is -0.389 e. The molecule has 14 heavy (non-hydrogen) atoms. The number of carbonyl (C=O) groups is 2. The van der Waals surface area contributed by atoms with Crippen LogP contribution in [0.2, 0.25) is 0 Å². The monoisotopic (exact) mass is 199 g/mol. The fraction of sp³-hybridized carbons (Fsp3) is 0.556. The Morgan fingerprint density at radius 2 is 2.21 bits per heavy atom. The second kappa shape index (κ2) is 4.34. The maximum Gasteiger partial charge on any atom is 0.256 e. The average molecular weight is 199 g/mol. The van der Waals surface area contributed by atoms with Gasteiger partial charge in [-0.2, -0.15) is 0 Å². The van der Waals surface area contributed by atoms with E-state index < -0.39 is 6.10 Å². The van der Waals surface area contributed by atoms with Gasteiger partial charge in [-0.25, -0.2) is 0 Å². The molecule has 1 aliphatic heterocycles. The molecular weight excluding hydrogens is 186 g/mol. The number of hydrogen-bond acceptors (Lipinski definition) is 4. The van der Waals surface area contributed by atoms with Crippen LogP contribution in [0.1, 0.15) is 6.92 Å². The lowest BCUT2D eigenvalue weighted by atomic mass is 10.3. The maximum absolute atomic E-state index is 11.3. The smallest absolute Gasteiger partial charge is 0.256 e. The lowest BCUT2D eigenvalue weighted by Crippen LogP contribution is -2.39. The maximum atomic E-state index is 11.3. The molecule has 1 N–H and O–H groups in total. The fourth-order valence-electron chi connectivity index (χ4n) is 1.27. The van der Waals surface area contributed by atoms with E-state index in [4.69, 9.17) is 4.74 Å². The average Bonchev–Trinajstić information content (AvgIpc) is 2.33. The SMILES string of the molecule is COCC(O)CN1C(=O)C=C(C)C1=O. The molecular formula is C9H13NO4. The van der Waals surface area contributed by atoms with E-state index in [1.807, 2.05) is 0 Å². The summed E-state index contributed by atoms with van der Waals surface area (Å²) < 4.78 is 4.69. The van der Waals surface area contributed by atoms with Crippen molar-refractivity contribution in [3.05, 3.63) is 11.6 Å². The lowest BCUT2D eigenvalue weighted by molar-refractivity contribution is -0.139. The molecule has 1 rings (SSSR count). The Balaban J connectivity index is 2.55. The van der Waals surface area contributed by atoms with Crippen molar-refractivity contribution in [1.29, 1.82) is 0 Å². The first kappa shape index (κ1) is 10.9. The molecule has 0 fully saturated rings. The van der Waals surface area contributed by atoms with Crippen molar-refractivity contribution in [3.8, 4) is 0 Å². The van der Waals surface area contributed by atoms with E-state index in [2.05, 4.69) is 0 Å². The Hall–Kier alpha value is -1.20. The van der Waals surface area contributed by atoms with Crippen molar-refractivity contribution in [2.45, 2.75) is 13.0 Å². The molecule has 0 aromatic carbocycles. The lowest BCUT2D eigenvalue weighted by Gasteiger charge is -2.17. The van der Waals surface area contributed by atoms with Crippen LogP contribution >= 0.6 is 0 Å². The molecule has 0 aliphatic carbocycles. The Morgan fingerprint density at radius 1 is 1.57 bits per heavy atom. The summed E-state index contributed by atoms with van der Waals surface area (Å²) in [6.07, 6.45) is 0.439. The number of methoxy groups -OCH3 is 1. The Labute approximate surface area is 82.0 Å². The number of carbonyl (C=O) groups excluding carboxylic acids is 2. The standard InChI is InChI=1S/C9H13NO4/c1-6-3-8(12)10(9(6)13)4-7(11)5-14-2/h3,7,11H,4-5H2,1-2H3. The highest BCUT2D eigenvalue weighted by atomic mass is 16.5. The predicted octanol–water partition coefficient (Wildman–Crippen LogP) is -0.691. The number of amides is 2. The molecule has 78 valence electrons. The Kier molecular flexibility index (Phi) is 3.38. The van der Waals surface area contributed by atoms with Gasteiger partial charge in [-0.05, 0) is 6.92 Å². The molecule has 0 saturated heterocycles. The topological polar surface area (TPSA) is 66.8 Å². The Bertz CT molecular complexity index is 285. The number of ether oxygens (including phenoxy) is 1. The third-order valence-electron chi connectivity index (χ3n) is 1.94. The molecule has 0 aromatic heterocycles. The van der Waals surface area contributed by atoms with Crippen molar-refractivity contribution in [1.82, 2.24) is 4.90 Å². The summed E-state index contributed by atoms with van der Waals surface area (Å²) in [5.41, 5.74) is 0.402. The first-order chi connectivity index (χ1) is 6.56. The molecule has 5 nitrogen and oxygen atoms in total. The van der Waals surface area contributed by atoms with E-state index in [1.165, 1.54) is 13.2 Å². The molecule has 0 bridgehead atoms. The third kappa shape index (κ3) is 2.18. The number of β-amino-alcohol motifs (C(OH)–C–C–N with tert-alkyl or cyclic N) is 1. The van der Waals surface area contributed by atoms with Crippen LogP contribution in [-0.4, -0.2) is 48.2 Å². The van der Waals surface area contributed by atoms with E-state index >= 15 is 0 Å². The molecule has 0 saturated carbocycles. The zero-order chi connectivity index (χ0) is 10.7. The summed E-state index contributed by atoms with van der Waals surface area (Å²) in [6.45, 7) is 1.67. The van der Waals surface area contributed by atoms with Crippen LogP contribution in [0, 0.1) is 0 Å². The van der Waals surface area contributed by atoms with Gasteiger partial charge < -0.3 is 9.84 Å². The van der Waals surface area contributed by atoms with E-state index in [0.29, 0.717) is 5.57 Å². The molecule has 0 spiro atoms. The highest BCUT2D eigenvalue weighted by molar-refractivity contribution is 6.15. The first-order valence-electron chi connectivity index (χ1n) is 4.27. The van der Waals surface area contributed by atoms with Crippen LogP contribution in [0.5, 0.6) is 0 Å². The van der Waals surface area contributed by atoms with Crippen LogP contribution in [0.15, 0.2) is 11.6 Å². The summed E-state index contributed by atoms with van der Waals surface area (Å²) >= 11 is 0. The summed E-state index contributed by atoms with van der Waals surface area (Å²) in [5, 5.41) is 9.34. The summed E-state index contributed by atoms with van der Waals surface area (Å²) in [6, 6.07) is 0. The van der Waals surface area contributed by atoms with Crippen molar-refractivity contribution in [3.63, 3.8) is 0 Å². The molecule has 2 amide bonds. The zero-order valence-corrected chi connectivity index (χ0v) is 8.19. The largest absolute Gasteiger partial charge is 0.389 e. The molecule has 1 unspecified atom stereocenters. The first-order valence-corrected chi connectivity index (χ1v) is 4.27. The van der Waals surface area contributed by atoms with Crippen LogP contribution in [0.3, 0.4) is 0 Å². The highest BCUT2D eigenvalue weighted by Crippen LogP contribution is 2.12. The second-order valence-electron chi connectivity index (χ2n) is 3.19. The normalized spacial score (nSPS) is 18.8. The Morgan fingerprint density at radius 3 is 2.64 bits per heavy atom. The number of hydrogen-bond donors (Lipinski definition) is 1. The fourth-order valence-corrected chi connectivity index (χ4v) is 1.27. The summed E-state index contributed by atoms with van der Waals surface area (Å²) in [4.78, 5) is 23.6. The van der Waals surface area contributed by atoms with E-state index in [9.17, 15) is 14.7 Å². The molecule has 1 atom stereocenters. The van der Waals surface area contributed by atoms with Crippen molar-refractivity contribution >= 4 is 11.8 Å². The van der Waals surface area contributed by atoms with Crippen LogP contribution < -0.4 is 0 Å². The number of aliphatic hydroxyl groups excluding tert-OH is 1. The van der Waals surface area contributed by atoms with Gasteiger partial charge in [0, 0.05) is 18.8 Å². The quantitative estimate of drug-likeness (QED) is 0.608. The van der Waals surface area contributed by atoms with Crippen LogP contribution in [-0.2, 0) is 14.3 Å². The number of rotatable bonds is 4. The van der Waals surface area contributed by atoms with E-state index in [0.717, 1.165) is 4.90 Å². The van der Waals surface area contributed by atoms with Gasteiger partial charge in [0.25, 0.3) is 11.8 Å². The molecule has 0 radical (unpaired) electrons. The van der Waals surface area contributed by atoms with Crippen molar-refractivity contribution in [2.24, 2.45) is 0 Å². The highest BCUT2D eigenvalue weighted by Gasteiger charge is 2.29. The van der Waals surface area contributed by atoms with Crippen molar-refractivity contribution < 1.29 is 19.4 Å². The van der Waals surface area contributed by atoms with Crippen molar-refractivity contribution in [2.75, 3.05) is 20.3 Å². The predicted molar refractivity (Wildman–Crippen MR) is 48.4 cm³/mol. The minimum atomic E-state index is -0.827. The van der Waals surface area contributed by atoms with Gasteiger partial charge >= 0.3 is 0 Å². The number of nitrogens with zero attached hydrogens (tertiary/aromatic N) is 1. The molecule has 0 aromatic rings. The van der Waals surface area contributed by atoms with Gasteiger partial charge in [0.1, 0.15) is 0 Å². The van der Waals surface area contributed by atoms with Gasteiger partial charge in [0.2, 0.25) is 0 Å². The molecule has 1 heterocycles. The van der Waals surface area contributed by atoms with E-state index in [1.54, 1.807) is 6.92 Å². The van der Waals surface area contributed by atoms with Gasteiger partial charge in [-0.15, -0.1) is 0 Å². The number of aliphatic hydroxyl groups is 1. The summed E-state index contributed by atoms with van der Waals surface area (Å²) in [7, 11) is 1.44. The number of imide groups is 1. The van der Waals surface area contributed by atoms with Gasteiger partial charge in [-0.1, -0.05) is 0 Å². The van der Waals surface area contributed by atoms with Gasteiger partial charge in [-0.3, -0.25) is 14.5 Å². The van der Waals surface area contributed by atoms with Gasteiger partial charge in [0.05, 0.1) is 19.3 Å². The third-order valence-corrected chi connectivity index (χ3v) is 1.94.